The monoisotopic (exact) mass is 327 g/mol. The molecule has 0 aliphatic heterocycles. The number of aliphatic hydroxyl groups is 1. The number of esters is 1. The van der Waals surface area contributed by atoms with Crippen LogP contribution in [0.15, 0.2) is 24.3 Å². The summed E-state index contributed by atoms with van der Waals surface area (Å²) in [6.07, 6.45) is -2.18. The van der Waals surface area contributed by atoms with Crippen LogP contribution in [0.2, 0.25) is 0 Å². The molecule has 1 rings (SSSR count). The third kappa shape index (κ3) is 6.65. The molecule has 23 heavy (non-hydrogen) atoms. The van der Waals surface area contributed by atoms with Crippen molar-refractivity contribution < 1.29 is 28.6 Å². The Morgan fingerprint density at radius 1 is 1.35 bits per heavy atom. The molecule has 6 nitrogen and oxygen atoms in total. The Labute approximate surface area is 134 Å². The van der Waals surface area contributed by atoms with Gasteiger partial charge in [0.15, 0.2) is 6.04 Å². The second kappa shape index (κ2) is 7.92. The Kier molecular flexibility index (Phi) is 6.50. The van der Waals surface area contributed by atoms with Crippen LogP contribution < -0.4 is 5.32 Å². The highest BCUT2D eigenvalue weighted by Gasteiger charge is 2.31. The number of halogens is 1. The number of amides is 1. The molecular weight excluding hydrogens is 305 g/mol. The van der Waals surface area contributed by atoms with E-state index in [0.29, 0.717) is 5.56 Å². The van der Waals surface area contributed by atoms with Gasteiger partial charge in [-0.05, 0) is 38.5 Å². The molecule has 0 aliphatic rings. The second-order valence-electron chi connectivity index (χ2n) is 6.05. The summed E-state index contributed by atoms with van der Waals surface area (Å²) in [6.45, 7) is 5.01. The summed E-state index contributed by atoms with van der Waals surface area (Å²) in [5, 5.41) is 12.5. The highest BCUT2D eigenvalue weighted by atomic mass is 19.1. The van der Waals surface area contributed by atoms with Crippen molar-refractivity contribution in [2.75, 3.05) is 7.11 Å². The minimum Gasteiger partial charge on any atom is -0.467 e. The van der Waals surface area contributed by atoms with E-state index in [1.165, 1.54) is 18.2 Å². The molecule has 128 valence electrons. The van der Waals surface area contributed by atoms with Gasteiger partial charge in [0, 0.05) is 6.42 Å². The number of hydrogen-bond donors (Lipinski definition) is 2. The van der Waals surface area contributed by atoms with Crippen molar-refractivity contribution in [2.45, 2.75) is 44.9 Å². The number of ether oxygens (including phenoxy) is 2. The Morgan fingerprint density at radius 3 is 2.52 bits per heavy atom. The summed E-state index contributed by atoms with van der Waals surface area (Å²) < 4.78 is 22.8. The van der Waals surface area contributed by atoms with E-state index in [-0.39, 0.29) is 6.42 Å². The van der Waals surface area contributed by atoms with Crippen molar-refractivity contribution >= 4 is 12.1 Å². The molecule has 1 aromatic carbocycles. The molecule has 1 amide bonds. The topological polar surface area (TPSA) is 84.9 Å². The summed E-state index contributed by atoms with van der Waals surface area (Å²) in [5.41, 5.74) is -0.268. The van der Waals surface area contributed by atoms with Crippen molar-refractivity contribution in [2.24, 2.45) is 0 Å². The summed E-state index contributed by atoms with van der Waals surface area (Å²) in [4.78, 5) is 23.6. The van der Waals surface area contributed by atoms with E-state index in [9.17, 15) is 19.1 Å². The standard InChI is InChI=1S/C16H22FNO5/c1-16(2,3)23-15(21)18-13(14(20)22-4)12(19)9-10-6-5-7-11(17)8-10/h5-8,12-13,19H,9H2,1-4H3,(H,18,21)/t12-,13-/m0/s1. The van der Waals surface area contributed by atoms with Crippen molar-refractivity contribution in [1.29, 1.82) is 0 Å². The van der Waals surface area contributed by atoms with Crippen LogP contribution in [0.4, 0.5) is 9.18 Å². The van der Waals surface area contributed by atoms with Crippen LogP contribution in [0.25, 0.3) is 0 Å². The van der Waals surface area contributed by atoms with Gasteiger partial charge in [-0.1, -0.05) is 12.1 Å². The van der Waals surface area contributed by atoms with Gasteiger partial charge in [-0.15, -0.1) is 0 Å². The first-order valence-electron chi connectivity index (χ1n) is 7.12. The van der Waals surface area contributed by atoms with Gasteiger partial charge in [0.2, 0.25) is 0 Å². The van der Waals surface area contributed by atoms with Gasteiger partial charge >= 0.3 is 12.1 Å². The van der Waals surface area contributed by atoms with Crippen molar-refractivity contribution in [1.82, 2.24) is 5.32 Å². The summed E-state index contributed by atoms with van der Waals surface area (Å²) >= 11 is 0. The van der Waals surface area contributed by atoms with Gasteiger partial charge in [-0.2, -0.15) is 0 Å². The number of carbonyl (C=O) groups is 2. The molecule has 7 heteroatoms. The molecule has 2 atom stereocenters. The average molecular weight is 327 g/mol. The number of methoxy groups -OCH3 is 1. The van der Waals surface area contributed by atoms with E-state index in [1.807, 2.05) is 0 Å². The highest BCUT2D eigenvalue weighted by molar-refractivity contribution is 5.82. The fraction of sp³-hybridized carbons (Fsp3) is 0.500. The third-order valence-electron chi connectivity index (χ3n) is 2.85. The Balaban J connectivity index is 2.80. The fourth-order valence-electron chi connectivity index (χ4n) is 1.90. The van der Waals surface area contributed by atoms with Gasteiger partial charge in [0.1, 0.15) is 11.4 Å². The van der Waals surface area contributed by atoms with Crippen LogP contribution in [-0.2, 0) is 20.7 Å². The lowest BCUT2D eigenvalue weighted by Gasteiger charge is -2.25. The van der Waals surface area contributed by atoms with Gasteiger partial charge < -0.3 is 19.9 Å². The van der Waals surface area contributed by atoms with Crippen LogP contribution in [0, 0.1) is 5.82 Å². The Hall–Kier alpha value is -2.15. The van der Waals surface area contributed by atoms with Crippen LogP contribution in [-0.4, -0.2) is 42.0 Å². The molecular formula is C16H22FNO5. The number of hydrogen-bond acceptors (Lipinski definition) is 5. The predicted octanol–water partition coefficient (Wildman–Crippen LogP) is 1.80. The van der Waals surface area contributed by atoms with Crippen LogP contribution in [0.3, 0.4) is 0 Å². The lowest BCUT2D eigenvalue weighted by Crippen LogP contribution is -2.51. The first-order valence-corrected chi connectivity index (χ1v) is 7.12. The maximum atomic E-state index is 13.2. The van der Waals surface area contributed by atoms with E-state index >= 15 is 0 Å². The molecule has 0 bridgehead atoms. The zero-order chi connectivity index (χ0) is 17.6. The second-order valence-corrected chi connectivity index (χ2v) is 6.05. The normalized spacial score (nSPS) is 13.8. The number of rotatable bonds is 5. The van der Waals surface area contributed by atoms with Crippen LogP contribution in [0.1, 0.15) is 26.3 Å². The van der Waals surface area contributed by atoms with Crippen LogP contribution in [0.5, 0.6) is 0 Å². The molecule has 0 heterocycles. The van der Waals surface area contributed by atoms with Crippen molar-refractivity contribution in [3.05, 3.63) is 35.6 Å². The van der Waals surface area contributed by atoms with Crippen molar-refractivity contribution in [3.63, 3.8) is 0 Å². The largest absolute Gasteiger partial charge is 0.467 e. The summed E-state index contributed by atoms with van der Waals surface area (Å²) in [7, 11) is 1.14. The van der Waals surface area contributed by atoms with Gasteiger partial charge in [-0.25, -0.2) is 14.0 Å². The summed E-state index contributed by atoms with van der Waals surface area (Å²) in [6, 6.07) is 4.29. The lowest BCUT2D eigenvalue weighted by molar-refractivity contribution is -0.146. The van der Waals surface area contributed by atoms with E-state index in [2.05, 4.69) is 10.1 Å². The number of benzene rings is 1. The maximum absolute atomic E-state index is 13.2. The number of carbonyl (C=O) groups excluding carboxylic acids is 2. The molecule has 0 saturated heterocycles. The molecule has 0 aromatic heterocycles. The van der Waals surface area contributed by atoms with Crippen molar-refractivity contribution in [3.8, 4) is 0 Å². The predicted molar refractivity (Wildman–Crippen MR) is 81.3 cm³/mol. The molecule has 0 spiro atoms. The van der Waals surface area contributed by atoms with E-state index in [1.54, 1.807) is 26.8 Å². The SMILES string of the molecule is COC(=O)[C@@H](NC(=O)OC(C)(C)C)[C@@H](O)Cc1cccc(F)c1. The average Bonchev–Trinajstić information content (AvgIpc) is 2.42. The maximum Gasteiger partial charge on any atom is 0.408 e. The van der Waals surface area contributed by atoms with Gasteiger partial charge in [0.05, 0.1) is 13.2 Å². The lowest BCUT2D eigenvalue weighted by atomic mass is 10.0. The molecule has 0 fully saturated rings. The molecule has 2 N–H and O–H groups in total. The number of nitrogens with one attached hydrogen (secondary N) is 1. The fourth-order valence-corrected chi connectivity index (χ4v) is 1.90. The zero-order valence-corrected chi connectivity index (χ0v) is 13.6. The minimum atomic E-state index is -1.32. The van der Waals surface area contributed by atoms with Crippen LogP contribution >= 0.6 is 0 Å². The first-order chi connectivity index (χ1) is 10.6. The Morgan fingerprint density at radius 2 is 2.00 bits per heavy atom. The molecule has 0 radical (unpaired) electrons. The molecule has 0 aliphatic carbocycles. The first kappa shape index (κ1) is 18.9. The number of alkyl carbamates (subject to hydrolysis) is 1. The van der Waals surface area contributed by atoms with Gasteiger partial charge in [-0.3, -0.25) is 0 Å². The quantitative estimate of drug-likeness (QED) is 0.806. The van der Waals surface area contributed by atoms with E-state index in [0.717, 1.165) is 7.11 Å². The summed E-state index contributed by atoms with van der Waals surface area (Å²) in [5.74, 6) is -1.27. The van der Waals surface area contributed by atoms with E-state index < -0.39 is 35.6 Å². The smallest absolute Gasteiger partial charge is 0.408 e. The van der Waals surface area contributed by atoms with E-state index in [4.69, 9.17) is 4.74 Å². The third-order valence-corrected chi connectivity index (χ3v) is 2.85. The zero-order valence-electron chi connectivity index (χ0n) is 13.6. The molecule has 0 unspecified atom stereocenters. The minimum absolute atomic E-state index is 0.0344. The Bertz CT molecular complexity index is 556. The molecule has 1 aromatic rings. The number of aliphatic hydroxyl groups excluding tert-OH is 1. The molecule has 0 saturated carbocycles. The highest BCUT2D eigenvalue weighted by Crippen LogP contribution is 2.11. The van der Waals surface area contributed by atoms with Gasteiger partial charge in [0.25, 0.3) is 0 Å².